The highest BCUT2D eigenvalue weighted by Gasteiger charge is 2.12. The van der Waals surface area contributed by atoms with E-state index in [1.54, 1.807) is 0 Å². The lowest BCUT2D eigenvalue weighted by Gasteiger charge is -2.19. The van der Waals surface area contributed by atoms with Gasteiger partial charge >= 0.3 is 0 Å². The van der Waals surface area contributed by atoms with Crippen molar-refractivity contribution in [2.24, 2.45) is 0 Å². The van der Waals surface area contributed by atoms with E-state index < -0.39 is 0 Å². The maximum Gasteiger partial charge on any atom is 0.0953 e. The standard InChI is InChI=1S/C18H22ClNO/c1-3-20-12-18(15-10-8-14(2)9-11-15)21-13-16-6-4-5-7-17(16)19/h4-11,18,20H,3,12-13H2,1-2H3. The zero-order chi connectivity index (χ0) is 15.1. The van der Waals surface area contributed by atoms with Crippen molar-refractivity contribution in [2.75, 3.05) is 13.1 Å². The van der Waals surface area contributed by atoms with Gasteiger partial charge in [0.05, 0.1) is 12.7 Å². The van der Waals surface area contributed by atoms with Crippen LogP contribution >= 0.6 is 11.6 Å². The molecule has 1 N–H and O–H groups in total. The van der Waals surface area contributed by atoms with E-state index in [9.17, 15) is 0 Å². The Morgan fingerprint density at radius 2 is 1.81 bits per heavy atom. The fourth-order valence-electron chi connectivity index (χ4n) is 2.14. The number of hydrogen-bond acceptors (Lipinski definition) is 2. The third-order valence-electron chi connectivity index (χ3n) is 3.43. The normalized spacial score (nSPS) is 12.3. The Bertz CT molecular complexity index is 553. The van der Waals surface area contributed by atoms with E-state index in [1.165, 1.54) is 11.1 Å². The van der Waals surface area contributed by atoms with Crippen LogP contribution in [-0.4, -0.2) is 13.1 Å². The molecule has 0 aliphatic carbocycles. The Morgan fingerprint density at radius 1 is 1.10 bits per heavy atom. The number of ether oxygens (including phenoxy) is 1. The van der Waals surface area contributed by atoms with E-state index in [2.05, 4.69) is 43.4 Å². The van der Waals surface area contributed by atoms with Crippen LogP contribution in [0.5, 0.6) is 0 Å². The van der Waals surface area contributed by atoms with Crippen LogP contribution < -0.4 is 5.32 Å². The third-order valence-corrected chi connectivity index (χ3v) is 3.80. The Labute approximate surface area is 132 Å². The summed E-state index contributed by atoms with van der Waals surface area (Å²) in [7, 11) is 0. The summed E-state index contributed by atoms with van der Waals surface area (Å²) in [6.07, 6.45) is 0.0295. The van der Waals surface area contributed by atoms with Gasteiger partial charge in [0, 0.05) is 11.6 Å². The zero-order valence-electron chi connectivity index (χ0n) is 12.6. The molecule has 3 heteroatoms. The SMILES string of the molecule is CCNCC(OCc1ccccc1Cl)c1ccc(C)cc1. The summed E-state index contributed by atoms with van der Waals surface area (Å²) in [5.74, 6) is 0. The summed E-state index contributed by atoms with van der Waals surface area (Å²) in [6, 6.07) is 16.3. The van der Waals surface area contributed by atoms with Crippen molar-refractivity contribution in [3.63, 3.8) is 0 Å². The van der Waals surface area contributed by atoms with Crippen LogP contribution in [-0.2, 0) is 11.3 Å². The van der Waals surface area contributed by atoms with Crippen molar-refractivity contribution in [1.29, 1.82) is 0 Å². The maximum absolute atomic E-state index is 6.18. The molecule has 2 aromatic rings. The van der Waals surface area contributed by atoms with Crippen LogP contribution in [0.15, 0.2) is 48.5 Å². The highest BCUT2D eigenvalue weighted by atomic mass is 35.5. The zero-order valence-corrected chi connectivity index (χ0v) is 13.4. The van der Waals surface area contributed by atoms with Crippen molar-refractivity contribution >= 4 is 11.6 Å². The first-order valence-corrected chi connectivity index (χ1v) is 7.70. The van der Waals surface area contributed by atoms with E-state index in [0.717, 1.165) is 23.7 Å². The molecule has 112 valence electrons. The molecular formula is C18H22ClNO. The topological polar surface area (TPSA) is 21.3 Å². The van der Waals surface area contributed by atoms with Crippen LogP contribution in [0, 0.1) is 6.92 Å². The lowest BCUT2D eigenvalue weighted by Crippen LogP contribution is -2.23. The van der Waals surface area contributed by atoms with E-state index in [1.807, 2.05) is 24.3 Å². The van der Waals surface area contributed by atoms with Gasteiger partial charge < -0.3 is 10.1 Å². The summed E-state index contributed by atoms with van der Waals surface area (Å²) < 4.78 is 6.09. The van der Waals surface area contributed by atoms with Crippen LogP contribution in [0.1, 0.15) is 29.7 Å². The molecule has 2 rings (SSSR count). The smallest absolute Gasteiger partial charge is 0.0953 e. The Hall–Kier alpha value is -1.35. The monoisotopic (exact) mass is 303 g/mol. The number of benzene rings is 2. The second kappa shape index (κ2) is 8.18. The first kappa shape index (κ1) is 16.0. The lowest BCUT2D eigenvalue weighted by atomic mass is 10.1. The second-order valence-electron chi connectivity index (χ2n) is 5.11. The number of aryl methyl sites for hydroxylation is 1. The number of nitrogens with one attached hydrogen (secondary N) is 1. The van der Waals surface area contributed by atoms with Gasteiger partial charge in [-0.25, -0.2) is 0 Å². The quantitative estimate of drug-likeness (QED) is 0.812. The Morgan fingerprint density at radius 3 is 2.48 bits per heavy atom. The number of halogens is 1. The largest absolute Gasteiger partial charge is 0.367 e. The fourth-order valence-corrected chi connectivity index (χ4v) is 2.33. The van der Waals surface area contributed by atoms with Crippen LogP contribution in [0.4, 0.5) is 0 Å². The predicted octanol–water partition coefficient (Wildman–Crippen LogP) is 4.52. The van der Waals surface area contributed by atoms with Gasteiger partial charge in [-0.05, 0) is 30.7 Å². The van der Waals surface area contributed by atoms with E-state index in [4.69, 9.17) is 16.3 Å². The van der Waals surface area contributed by atoms with Crippen molar-refractivity contribution in [2.45, 2.75) is 26.6 Å². The molecule has 0 fully saturated rings. The van der Waals surface area contributed by atoms with Gasteiger partial charge in [0.25, 0.3) is 0 Å². The van der Waals surface area contributed by atoms with E-state index in [-0.39, 0.29) is 6.10 Å². The van der Waals surface area contributed by atoms with Gasteiger partial charge in [-0.15, -0.1) is 0 Å². The summed E-state index contributed by atoms with van der Waals surface area (Å²) in [6.45, 7) is 6.43. The fraction of sp³-hybridized carbons (Fsp3) is 0.333. The van der Waals surface area contributed by atoms with Crippen LogP contribution in [0.2, 0.25) is 5.02 Å². The van der Waals surface area contributed by atoms with E-state index >= 15 is 0 Å². The van der Waals surface area contributed by atoms with Crippen LogP contribution in [0.3, 0.4) is 0 Å². The van der Waals surface area contributed by atoms with E-state index in [0.29, 0.717) is 6.61 Å². The maximum atomic E-state index is 6.18. The first-order chi connectivity index (χ1) is 10.2. The molecule has 1 atom stereocenters. The van der Waals surface area contributed by atoms with Crippen molar-refractivity contribution in [1.82, 2.24) is 5.32 Å². The molecule has 0 saturated carbocycles. The van der Waals surface area contributed by atoms with Crippen molar-refractivity contribution in [3.8, 4) is 0 Å². The molecule has 0 aliphatic rings. The molecule has 0 amide bonds. The summed E-state index contributed by atoms with van der Waals surface area (Å²) in [5.41, 5.74) is 3.47. The van der Waals surface area contributed by atoms with Gasteiger partial charge in [-0.3, -0.25) is 0 Å². The summed E-state index contributed by atoms with van der Waals surface area (Å²) >= 11 is 6.18. The molecule has 0 heterocycles. The molecule has 0 aliphatic heterocycles. The molecule has 1 unspecified atom stereocenters. The number of rotatable bonds is 7. The highest BCUT2D eigenvalue weighted by Crippen LogP contribution is 2.22. The minimum absolute atomic E-state index is 0.0295. The Balaban J connectivity index is 2.06. The predicted molar refractivity (Wildman–Crippen MR) is 88.7 cm³/mol. The second-order valence-corrected chi connectivity index (χ2v) is 5.52. The molecule has 0 saturated heterocycles. The number of hydrogen-bond donors (Lipinski definition) is 1. The van der Waals surface area contributed by atoms with Gasteiger partial charge in [-0.1, -0.05) is 66.6 Å². The van der Waals surface area contributed by atoms with Gasteiger partial charge in [0.2, 0.25) is 0 Å². The molecular weight excluding hydrogens is 282 g/mol. The summed E-state index contributed by atoms with van der Waals surface area (Å²) in [5, 5.41) is 4.11. The van der Waals surface area contributed by atoms with Gasteiger partial charge in [0.1, 0.15) is 0 Å². The average molecular weight is 304 g/mol. The molecule has 0 radical (unpaired) electrons. The molecule has 2 aromatic carbocycles. The van der Waals surface area contributed by atoms with Crippen molar-refractivity contribution in [3.05, 3.63) is 70.2 Å². The third kappa shape index (κ3) is 4.85. The molecule has 0 aromatic heterocycles. The summed E-state index contributed by atoms with van der Waals surface area (Å²) in [4.78, 5) is 0. The van der Waals surface area contributed by atoms with Crippen molar-refractivity contribution < 1.29 is 4.74 Å². The molecule has 21 heavy (non-hydrogen) atoms. The highest BCUT2D eigenvalue weighted by molar-refractivity contribution is 6.31. The van der Waals surface area contributed by atoms with Gasteiger partial charge in [0.15, 0.2) is 0 Å². The molecule has 2 nitrogen and oxygen atoms in total. The molecule has 0 spiro atoms. The minimum Gasteiger partial charge on any atom is -0.367 e. The van der Waals surface area contributed by atoms with Gasteiger partial charge in [-0.2, -0.15) is 0 Å². The molecule has 0 bridgehead atoms. The Kier molecular flexibility index (Phi) is 6.24. The first-order valence-electron chi connectivity index (χ1n) is 7.33. The lowest BCUT2D eigenvalue weighted by molar-refractivity contribution is 0.0402. The van der Waals surface area contributed by atoms with Crippen LogP contribution in [0.25, 0.3) is 0 Å². The number of likely N-dealkylation sites (N-methyl/N-ethyl adjacent to an activating group) is 1. The average Bonchev–Trinajstić information content (AvgIpc) is 2.50. The minimum atomic E-state index is 0.0295.